The van der Waals surface area contributed by atoms with Crippen molar-refractivity contribution in [1.82, 2.24) is 10.6 Å². The Morgan fingerprint density at radius 3 is 2.55 bits per heavy atom. The first-order valence-corrected chi connectivity index (χ1v) is 5.06. The molecule has 4 heteroatoms. The monoisotopic (exact) mass is 240 g/mol. The number of rotatable bonds is 4. The zero-order valence-corrected chi connectivity index (χ0v) is 9.46. The molecule has 1 aliphatic heterocycles. The zero-order valence-electron chi connectivity index (χ0n) is 6.93. The van der Waals surface area contributed by atoms with Gasteiger partial charge in [0, 0.05) is 13.1 Å². The van der Waals surface area contributed by atoms with Gasteiger partial charge < -0.3 is 0 Å². The number of halogens is 1. The highest BCUT2D eigenvalue weighted by Crippen LogP contribution is 2.09. The number of thioether (sulfide) groups is 1. The molecule has 2 nitrogen and oxygen atoms in total. The molecule has 0 saturated carbocycles. The van der Waals surface area contributed by atoms with E-state index in [1.807, 2.05) is 11.8 Å². The number of hydrogen-bond donors (Lipinski definition) is 2. The van der Waals surface area contributed by atoms with Crippen molar-refractivity contribution in [3.8, 4) is 0 Å². The molecular formula is C7H17BrN2S. The zero-order chi connectivity index (χ0) is 7.23. The molecule has 11 heavy (non-hydrogen) atoms. The summed E-state index contributed by atoms with van der Waals surface area (Å²) in [5, 5.41) is 6.73. The van der Waals surface area contributed by atoms with Crippen LogP contribution in [0, 0.1) is 0 Å². The van der Waals surface area contributed by atoms with Gasteiger partial charge in [-0.15, -0.1) is 28.7 Å². The van der Waals surface area contributed by atoms with E-state index in [0.717, 1.165) is 13.1 Å². The molecule has 0 bridgehead atoms. The summed E-state index contributed by atoms with van der Waals surface area (Å²) in [6.07, 6.45) is 2.64. The van der Waals surface area contributed by atoms with Crippen LogP contribution in [0.5, 0.6) is 0 Å². The van der Waals surface area contributed by atoms with Crippen molar-refractivity contribution >= 4 is 28.7 Å². The van der Waals surface area contributed by atoms with Gasteiger partial charge in [0.15, 0.2) is 0 Å². The predicted octanol–water partition coefficient (Wildman–Crippen LogP) is 1.57. The molecule has 0 unspecified atom stereocenters. The molecule has 0 aromatic rings. The standard InChI is InChI=1S/C7H16N2S.BrH/c1-2-3-6-10-7-8-4-5-9-7;/h7-9H,2-6H2,1H3;1H. The molecule has 0 aromatic carbocycles. The Morgan fingerprint density at radius 2 is 2.00 bits per heavy atom. The van der Waals surface area contributed by atoms with Crippen molar-refractivity contribution in [1.29, 1.82) is 0 Å². The van der Waals surface area contributed by atoms with Gasteiger partial charge in [-0.05, 0) is 12.2 Å². The quantitative estimate of drug-likeness (QED) is 0.731. The summed E-state index contributed by atoms with van der Waals surface area (Å²) in [7, 11) is 0. The minimum atomic E-state index is 0. The molecule has 0 amide bonds. The predicted molar refractivity (Wildman–Crippen MR) is 57.5 cm³/mol. The first-order valence-electron chi connectivity index (χ1n) is 4.02. The van der Waals surface area contributed by atoms with Gasteiger partial charge in [-0.3, -0.25) is 10.6 Å². The molecule has 0 aliphatic carbocycles. The second-order valence-electron chi connectivity index (χ2n) is 2.51. The van der Waals surface area contributed by atoms with Crippen molar-refractivity contribution in [2.45, 2.75) is 25.3 Å². The first-order chi connectivity index (χ1) is 4.93. The molecule has 0 spiro atoms. The molecule has 0 aromatic heterocycles. The molecular weight excluding hydrogens is 224 g/mol. The highest BCUT2D eigenvalue weighted by Gasteiger charge is 2.11. The third-order valence-corrected chi connectivity index (χ3v) is 2.76. The average Bonchev–Trinajstić information content (AvgIpc) is 2.41. The fraction of sp³-hybridized carbons (Fsp3) is 1.00. The van der Waals surface area contributed by atoms with Crippen molar-refractivity contribution in [2.24, 2.45) is 0 Å². The normalized spacial score (nSPS) is 18.3. The Hall–Kier alpha value is 0.750. The minimum Gasteiger partial charge on any atom is -0.292 e. The van der Waals surface area contributed by atoms with Gasteiger partial charge >= 0.3 is 0 Å². The molecule has 1 aliphatic rings. The van der Waals surface area contributed by atoms with E-state index < -0.39 is 0 Å². The SMILES string of the molecule is Br.CCCCSC1NCCN1. The Morgan fingerprint density at radius 1 is 1.36 bits per heavy atom. The van der Waals surface area contributed by atoms with Crippen molar-refractivity contribution in [2.75, 3.05) is 18.8 Å². The van der Waals surface area contributed by atoms with Crippen molar-refractivity contribution in [3.63, 3.8) is 0 Å². The third kappa shape index (κ3) is 5.06. The van der Waals surface area contributed by atoms with Crippen LogP contribution in [0.4, 0.5) is 0 Å². The average molecular weight is 241 g/mol. The first kappa shape index (κ1) is 11.8. The van der Waals surface area contributed by atoms with Crippen LogP contribution in [0.15, 0.2) is 0 Å². The molecule has 1 heterocycles. The molecule has 1 saturated heterocycles. The van der Waals surface area contributed by atoms with Gasteiger partial charge in [0.2, 0.25) is 0 Å². The summed E-state index contributed by atoms with van der Waals surface area (Å²) in [4.78, 5) is 0. The summed E-state index contributed by atoms with van der Waals surface area (Å²) in [5.74, 6) is 1.28. The highest BCUT2D eigenvalue weighted by atomic mass is 79.9. The van der Waals surface area contributed by atoms with Crippen LogP contribution in [0.3, 0.4) is 0 Å². The summed E-state index contributed by atoms with van der Waals surface area (Å²) in [6.45, 7) is 4.49. The van der Waals surface area contributed by atoms with E-state index in [9.17, 15) is 0 Å². The second kappa shape index (κ2) is 7.40. The van der Waals surface area contributed by atoms with Crippen LogP contribution >= 0.6 is 28.7 Å². The third-order valence-electron chi connectivity index (χ3n) is 1.57. The molecule has 2 N–H and O–H groups in total. The maximum absolute atomic E-state index is 3.37. The Bertz CT molecular complexity index is 86.5. The maximum Gasteiger partial charge on any atom is 0.106 e. The lowest BCUT2D eigenvalue weighted by Crippen LogP contribution is -2.27. The molecule has 1 rings (SSSR count). The maximum atomic E-state index is 3.37. The van der Waals surface area contributed by atoms with Crippen molar-refractivity contribution < 1.29 is 0 Å². The Balaban J connectivity index is 0.000001000. The lowest BCUT2D eigenvalue weighted by molar-refractivity contribution is 0.741. The van der Waals surface area contributed by atoms with Crippen LogP contribution < -0.4 is 10.6 Å². The van der Waals surface area contributed by atoms with E-state index in [4.69, 9.17) is 0 Å². The van der Waals surface area contributed by atoms with Gasteiger partial charge in [-0.25, -0.2) is 0 Å². The molecule has 0 radical (unpaired) electrons. The van der Waals surface area contributed by atoms with Crippen LogP contribution in [0.1, 0.15) is 19.8 Å². The van der Waals surface area contributed by atoms with E-state index >= 15 is 0 Å². The fourth-order valence-corrected chi connectivity index (χ4v) is 2.10. The number of unbranched alkanes of at least 4 members (excludes halogenated alkanes) is 1. The summed E-state index contributed by atoms with van der Waals surface area (Å²) in [5.41, 5.74) is 0.534. The molecule has 0 atom stereocenters. The van der Waals surface area contributed by atoms with E-state index in [0.29, 0.717) is 5.50 Å². The summed E-state index contributed by atoms with van der Waals surface area (Å²) >= 11 is 1.99. The summed E-state index contributed by atoms with van der Waals surface area (Å²) < 4.78 is 0. The summed E-state index contributed by atoms with van der Waals surface area (Å²) in [6, 6.07) is 0. The van der Waals surface area contributed by atoms with Gasteiger partial charge in [-0.1, -0.05) is 13.3 Å². The van der Waals surface area contributed by atoms with Gasteiger partial charge in [0.05, 0.1) is 0 Å². The van der Waals surface area contributed by atoms with Gasteiger partial charge in [0.25, 0.3) is 0 Å². The largest absolute Gasteiger partial charge is 0.292 e. The minimum absolute atomic E-state index is 0. The topological polar surface area (TPSA) is 24.1 Å². The van der Waals surface area contributed by atoms with Crippen LogP contribution in [0.2, 0.25) is 0 Å². The number of nitrogens with one attached hydrogen (secondary N) is 2. The lowest BCUT2D eigenvalue weighted by atomic mass is 10.4. The van der Waals surface area contributed by atoms with Crippen LogP contribution in [0.25, 0.3) is 0 Å². The fourth-order valence-electron chi connectivity index (χ4n) is 0.942. The van der Waals surface area contributed by atoms with Crippen molar-refractivity contribution in [3.05, 3.63) is 0 Å². The number of hydrogen-bond acceptors (Lipinski definition) is 3. The van der Waals surface area contributed by atoms with E-state index in [2.05, 4.69) is 17.6 Å². The van der Waals surface area contributed by atoms with Crippen LogP contribution in [-0.2, 0) is 0 Å². The van der Waals surface area contributed by atoms with Gasteiger partial charge in [-0.2, -0.15) is 0 Å². The second-order valence-corrected chi connectivity index (χ2v) is 3.73. The lowest BCUT2D eigenvalue weighted by Gasteiger charge is -2.08. The van der Waals surface area contributed by atoms with E-state index in [-0.39, 0.29) is 17.0 Å². The van der Waals surface area contributed by atoms with E-state index in [1.54, 1.807) is 0 Å². The van der Waals surface area contributed by atoms with Gasteiger partial charge in [0.1, 0.15) is 5.50 Å². The highest BCUT2D eigenvalue weighted by molar-refractivity contribution is 8.93. The molecule has 1 fully saturated rings. The molecule has 68 valence electrons. The smallest absolute Gasteiger partial charge is 0.106 e. The van der Waals surface area contributed by atoms with Crippen LogP contribution in [-0.4, -0.2) is 24.3 Å². The van der Waals surface area contributed by atoms with E-state index in [1.165, 1.54) is 18.6 Å². The Kier molecular flexibility index (Phi) is 7.91. The Labute approximate surface area is 83.7 Å².